The Labute approximate surface area is 202 Å². The number of aliphatic hydroxyl groups excluding tert-OH is 1. The van der Waals surface area contributed by atoms with E-state index in [0.29, 0.717) is 29.5 Å². The van der Waals surface area contributed by atoms with Crippen molar-refractivity contribution in [2.45, 2.75) is 123 Å². The Bertz CT molecular complexity index is 707. The van der Waals surface area contributed by atoms with Gasteiger partial charge < -0.3 is 10.4 Å². The number of nitrogens with one attached hydrogen (secondary N) is 1. The number of hydrogen-bond acceptors (Lipinski definition) is 3. The zero-order valence-corrected chi connectivity index (χ0v) is 21.5. The summed E-state index contributed by atoms with van der Waals surface area (Å²) in [4.78, 5) is 24.0. The van der Waals surface area contributed by atoms with Gasteiger partial charge in [0.15, 0.2) is 0 Å². The molecule has 1 amide bonds. The first-order valence-electron chi connectivity index (χ1n) is 14.3. The zero-order chi connectivity index (χ0) is 23.6. The van der Waals surface area contributed by atoms with Crippen LogP contribution < -0.4 is 5.32 Å². The lowest BCUT2D eigenvalue weighted by atomic mass is 9.42. The summed E-state index contributed by atoms with van der Waals surface area (Å²) < 4.78 is 0. The second-order valence-electron chi connectivity index (χ2n) is 12.6. The number of ketones is 1. The van der Waals surface area contributed by atoms with E-state index < -0.39 is 0 Å². The Kier molecular flexibility index (Phi) is 7.93. The van der Waals surface area contributed by atoms with Crippen LogP contribution in [0.25, 0.3) is 0 Å². The summed E-state index contributed by atoms with van der Waals surface area (Å²) in [6.07, 6.45) is 16.3. The van der Waals surface area contributed by atoms with Crippen LogP contribution in [-0.2, 0) is 9.59 Å². The molecule has 4 saturated carbocycles. The molecular weight excluding hydrogens is 410 g/mol. The molecule has 2 N–H and O–H groups in total. The van der Waals surface area contributed by atoms with Crippen LogP contribution in [0.4, 0.5) is 0 Å². The fourth-order valence-corrected chi connectivity index (χ4v) is 9.00. The third kappa shape index (κ3) is 4.93. The van der Waals surface area contributed by atoms with E-state index in [4.69, 9.17) is 0 Å². The molecule has 0 bridgehead atoms. The topological polar surface area (TPSA) is 66.4 Å². The van der Waals surface area contributed by atoms with Gasteiger partial charge in [-0.15, -0.1) is 0 Å². The normalized spacial score (nSPS) is 42.4. The molecule has 0 saturated heterocycles. The number of unbranched alkanes of at least 4 members (excludes halogenated alkanes) is 4. The quantitative estimate of drug-likeness (QED) is 0.412. The molecule has 0 aromatic rings. The van der Waals surface area contributed by atoms with Crippen LogP contribution in [0.3, 0.4) is 0 Å². The molecule has 33 heavy (non-hydrogen) atoms. The van der Waals surface area contributed by atoms with E-state index in [1.54, 1.807) is 0 Å². The predicted octanol–water partition coefficient (Wildman–Crippen LogP) is 6.05. The standard InChI is InChI=1S/C29H49NO3/c1-4-30-26(33)11-9-7-5-6-8-10-20-18-21-19-22(31)14-16-28(21,2)24-15-17-29(3)23(27(20)24)12-13-25(29)32/h20-21,23-25,27,32H,4-19H2,1-3H3,(H,30,33)/t20?,21-,23-,24-,25-,27-,28-,29-/m0/s1. The zero-order valence-electron chi connectivity index (χ0n) is 21.5. The Morgan fingerprint density at radius 3 is 2.52 bits per heavy atom. The van der Waals surface area contributed by atoms with Gasteiger partial charge in [-0.25, -0.2) is 0 Å². The van der Waals surface area contributed by atoms with Crippen LogP contribution in [0, 0.1) is 40.4 Å². The van der Waals surface area contributed by atoms with Crippen molar-refractivity contribution in [2.24, 2.45) is 40.4 Å². The summed E-state index contributed by atoms with van der Waals surface area (Å²) in [6.45, 7) is 7.61. The molecule has 188 valence electrons. The van der Waals surface area contributed by atoms with Crippen molar-refractivity contribution >= 4 is 11.7 Å². The minimum absolute atomic E-state index is 0.117. The van der Waals surface area contributed by atoms with Crippen molar-refractivity contribution in [1.82, 2.24) is 5.32 Å². The van der Waals surface area contributed by atoms with Crippen LogP contribution >= 0.6 is 0 Å². The molecule has 0 radical (unpaired) electrons. The molecule has 4 heteroatoms. The molecule has 4 aliphatic rings. The number of rotatable bonds is 9. The first-order valence-corrected chi connectivity index (χ1v) is 14.3. The maximum absolute atomic E-state index is 12.4. The fourth-order valence-electron chi connectivity index (χ4n) is 9.00. The van der Waals surface area contributed by atoms with Gasteiger partial charge in [-0.2, -0.15) is 0 Å². The third-order valence-corrected chi connectivity index (χ3v) is 11.0. The number of carbonyl (C=O) groups excluding carboxylic acids is 2. The molecular formula is C29H49NO3. The van der Waals surface area contributed by atoms with Crippen LogP contribution in [-0.4, -0.2) is 29.4 Å². The van der Waals surface area contributed by atoms with Crippen molar-refractivity contribution in [3.8, 4) is 0 Å². The lowest BCUT2D eigenvalue weighted by Crippen LogP contribution is -2.57. The molecule has 0 aromatic carbocycles. The largest absolute Gasteiger partial charge is 0.393 e. The molecule has 0 aromatic heterocycles. The van der Waals surface area contributed by atoms with Crippen molar-refractivity contribution in [3.05, 3.63) is 0 Å². The summed E-state index contributed by atoms with van der Waals surface area (Å²) >= 11 is 0. The van der Waals surface area contributed by atoms with Gasteiger partial charge in [0, 0.05) is 25.8 Å². The molecule has 1 unspecified atom stereocenters. The molecule has 4 nitrogen and oxygen atoms in total. The molecule has 4 rings (SSSR count). The predicted molar refractivity (Wildman–Crippen MR) is 133 cm³/mol. The Hall–Kier alpha value is -0.900. The summed E-state index contributed by atoms with van der Waals surface area (Å²) in [6, 6.07) is 0. The SMILES string of the molecule is CCNC(=O)CCCCCCCC1C[C@H]2CC(=O)CC[C@]2(C)[C@H]2CC[C@]3(C)[C@@H](O)CC[C@H]3[C@H]12. The third-order valence-electron chi connectivity index (χ3n) is 11.0. The van der Waals surface area contributed by atoms with E-state index in [0.717, 1.165) is 62.8 Å². The summed E-state index contributed by atoms with van der Waals surface area (Å²) in [7, 11) is 0. The second-order valence-corrected chi connectivity index (χ2v) is 12.6. The summed E-state index contributed by atoms with van der Waals surface area (Å²) in [5.74, 6) is 4.15. The van der Waals surface area contributed by atoms with E-state index >= 15 is 0 Å². The van der Waals surface area contributed by atoms with Crippen molar-refractivity contribution in [2.75, 3.05) is 6.54 Å². The van der Waals surface area contributed by atoms with Gasteiger partial charge in [0.25, 0.3) is 0 Å². The monoisotopic (exact) mass is 459 g/mol. The highest BCUT2D eigenvalue weighted by atomic mass is 16.3. The van der Waals surface area contributed by atoms with Crippen LogP contribution in [0.15, 0.2) is 0 Å². The van der Waals surface area contributed by atoms with E-state index in [1.807, 2.05) is 6.92 Å². The van der Waals surface area contributed by atoms with Crippen LogP contribution in [0.2, 0.25) is 0 Å². The molecule has 0 spiro atoms. The molecule has 8 atom stereocenters. The molecule has 4 aliphatic carbocycles. The minimum atomic E-state index is -0.118. The van der Waals surface area contributed by atoms with Crippen molar-refractivity contribution < 1.29 is 14.7 Å². The van der Waals surface area contributed by atoms with E-state index in [1.165, 1.54) is 51.4 Å². The number of fused-ring (bicyclic) bond motifs is 5. The first kappa shape index (κ1) is 25.2. The number of aliphatic hydroxyl groups is 1. The Morgan fingerprint density at radius 1 is 1.00 bits per heavy atom. The summed E-state index contributed by atoms with van der Waals surface area (Å²) in [5.41, 5.74) is 0.454. The highest BCUT2D eigenvalue weighted by Gasteiger charge is 2.62. The van der Waals surface area contributed by atoms with E-state index in [-0.39, 0.29) is 17.4 Å². The van der Waals surface area contributed by atoms with Gasteiger partial charge in [0.2, 0.25) is 5.91 Å². The Morgan fingerprint density at radius 2 is 1.73 bits per heavy atom. The highest BCUT2D eigenvalue weighted by molar-refractivity contribution is 5.79. The van der Waals surface area contributed by atoms with Crippen molar-refractivity contribution in [1.29, 1.82) is 0 Å². The lowest BCUT2D eigenvalue weighted by molar-refractivity contribution is -0.156. The number of amides is 1. The van der Waals surface area contributed by atoms with Crippen LogP contribution in [0.1, 0.15) is 117 Å². The van der Waals surface area contributed by atoms with Gasteiger partial charge in [-0.05, 0) is 92.3 Å². The Balaban J connectivity index is 1.37. The average Bonchev–Trinajstić information content (AvgIpc) is 3.08. The van der Waals surface area contributed by atoms with Gasteiger partial charge >= 0.3 is 0 Å². The van der Waals surface area contributed by atoms with Gasteiger partial charge in [-0.1, -0.05) is 46.0 Å². The maximum Gasteiger partial charge on any atom is 0.219 e. The smallest absolute Gasteiger partial charge is 0.219 e. The number of Topliss-reactive ketones (excluding diaryl/α,β-unsaturated/α-hetero) is 1. The number of carbonyl (C=O) groups is 2. The van der Waals surface area contributed by atoms with Crippen LogP contribution in [0.5, 0.6) is 0 Å². The highest BCUT2D eigenvalue weighted by Crippen LogP contribution is 2.67. The van der Waals surface area contributed by atoms with Gasteiger partial charge in [0.1, 0.15) is 5.78 Å². The summed E-state index contributed by atoms with van der Waals surface area (Å²) in [5, 5.41) is 13.8. The molecule has 0 aliphatic heterocycles. The van der Waals surface area contributed by atoms with Gasteiger partial charge in [0.05, 0.1) is 6.10 Å². The second kappa shape index (κ2) is 10.4. The minimum Gasteiger partial charge on any atom is -0.393 e. The van der Waals surface area contributed by atoms with E-state index in [9.17, 15) is 14.7 Å². The maximum atomic E-state index is 12.4. The fraction of sp³-hybridized carbons (Fsp3) is 0.931. The van der Waals surface area contributed by atoms with E-state index in [2.05, 4.69) is 19.2 Å². The van der Waals surface area contributed by atoms with Gasteiger partial charge in [-0.3, -0.25) is 9.59 Å². The number of hydrogen-bond donors (Lipinski definition) is 2. The molecule has 4 fully saturated rings. The van der Waals surface area contributed by atoms with Crippen molar-refractivity contribution in [3.63, 3.8) is 0 Å². The first-order chi connectivity index (χ1) is 15.8. The average molecular weight is 460 g/mol. The lowest BCUT2D eigenvalue weighted by Gasteiger charge is -2.62. The molecule has 0 heterocycles.